The third-order valence-corrected chi connectivity index (χ3v) is 2.33. The fourth-order valence-electron chi connectivity index (χ4n) is 1.63. The molecule has 0 radical (unpaired) electrons. The molecular weight excluding hydrogens is 206 g/mol. The van der Waals surface area contributed by atoms with Gasteiger partial charge in [-0.05, 0) is 25.0 Å². The second kappa shape index (κ2) is 4.88. The van der Waals surface area contributed by atoms with Crippen LogP contribution in [0.5, 0.6) is 11.5 Å². The van der Waals surface area contributed by atoms with E-state index in [4.69, 9.17) is 9.47 Å². The van der Waals surface area contributed by atoms with Crippen molar-refractivity contribution in [3.05, 3.63) is 18.2 Å². The summed E-state index contributed by atoms with van der Waals surface area (Å²) in [5, 5.41) is 2.74. The summed E-state index contributed by atoms with van der Waals surface area (Å²) in [6.45, 7) is 2.83. The monoisotopic (exact) mass is 221 g/mol. The first-order valence-corrected chi connectivity index (χ1v) is 5.43. The predicted molar refractivity (Wildman–Crippen MR) is 61.0 cm³/mol. The van der Waals surface area contributed by atoms with Gasteiger partial charge in [0, 0.05) is 6.92 Å². The van der Waals surface area contributed by atoms with Gasteiger partial charge in [-0.3, -0.25) is 4.79 Å². The largest absolute Gasteiger partial charge is 0.490 e. The molecule has 0 fully saturated rings. The third kappa shape index (κ3) is 2.45. The lowest BCUT2D eigenvalue weighted by Gasteiger charge is -2.19. The number of hydrogen-bond donors (Lipinski definition) is 1. The minimum Gasteiger partial charge on any atom is -0.490 e. The van der Waals surface area contributed by atoms with Gasteiger partial charge in [-0.1, -0.05) is 6.07 Å². The van der Waals surface area contributed by atoms with Crippen LogP contribution in [-0.4, -0.2) is 19.1 Å². The molecule has 1 aliphatic heterocycles. The Morgan fingerprint density at radius 1 is 1.25 bits per heavy atom. The number of carbonyl (C=O) groups is 1. The standard InChI is InChI=1S/C12H15NO3/c1-9(14)13-10-5-4-6-11-12(10)16-8-3-2-7-15-11/h4-6H,2-3,7-8H2,1H3,(H,13,14). The van der Waals surface area contributed by atoms with Crippen LogP contribution in [-0.2, 0) is 4.79 Å². The summed E-state index contributed by atoms with van der Waals surface area (Å²) in [7, 11) is 0. The molecule has 1 N–H and O–H groups in total. The van der Waals surface area contributed by atoms with Crippen LogP contribution in [0.25, 0.3) is 0 Å². The van der Waals surface area contributed by atoms with E-state index in [0.29, 0.717) is 30.4 Å². The molecule has 2 rings (SSSR count). The topological polar surface area (TPSA) is 47.6 Å². The molecule has 0 bridgehead atoms. The first-order chi connectivity index (χ1) is 7.77. The van der Waals surface area contributed by atoms with Crippen LogP contribution in [0, 0.1) is 0 Å². The highest BCUT2D eigenvalue weighted by molar-refractivity contribution is 5.91. The number of para-hydroxylation sites is 1. The second-order valence-corrected chi connectivity index (χ2v) is 3.72. The smallest absolute Gasteiger partial charge is 0.221 e. The predicted octanol–water partition coefficient (Wildman–Crippen LogP) is 2.20. The summed E-state index contributed by atoms with van der Waals surface area (Å²) >= 11 is 0. The molecule has 0 aromatic heterocycles. The summed E-state index contributed by atoms with van der Waals surface area (Å²) in [6.07, 6.45) is 1.96. The van der Waals surface area contributed by atoms with Crippen molar-refractivity contribution >= 4 is 11.6 Å². The quantitative estimate of drug-likeness (QED) is 0.790. The Hall–Kier alpha value is -1.71. The number of ether oxygens (including phenoxy) is 2. The molecule has 1 aromatic carbocycles. The minimum absolute atomic E-state index is 0.112. The number of hydrogen-bond acceptors (Lipinski definition) is 3. The van der Waals surface area contributed by atoms with Gasteiger partial charge in [0.15, 0.2) is 11.5 Å². The molecule has 0 saturated carbocycles. The number of carbonyl (C=O) groups excluding carboxylic acids is 1. The lowest BCUT2D eigenvalue weighted by Crippen LogP contribution is -2.12. The Bertz CT molecular complexity index is 390. The van der Waals surface area contributed by atoms with Crippen LogP contribution in [0.15, 0.2) is 18.2 Å². The molecule has 0 unspecified atom stereocenters. The Labute approximate surface area is 94.6 Å². The molecule has 0 aliphatic carbocycles. The van der Waals surface area contributed by atoms with E-state index in [-0.39, 0.29) is 5.91 Å². The van der Waals surface area contributed by atoms with E-state index >= 15 is 0 Å². The van der Waals surface area contributed by atoms with Crippen LogP contribution < -0.4 is 14.8 Å². The number of rotatable bonds is 1. The van der Waals surface area contributed by atoms with Gasteiger partial charge in [-0.2, -0.15) is 0 Å². The summed E-state index contributed by atoms with van der Waals surface area (Å²) < 4.78 is 11.2. The van der Waals surface area contributed by atoms with Crippen LogP contribution in [0.4, 0.5) is 5.69 Å². The summed E-state index contributed by atoms with van der Waals surface area (Å²) in [5.74, 6) is 1.22. The van der Waals surface area contributed by atoms with Gasteiger partial charge >= 0.3 is 0 Å². The first kappa shape index (κ1) is 10.8. The van der Waals surface area contributed by atoms with Crippen molar-refractivity contribution in [1.82, 2.24) is 0 Å². The number of anilines is 1. The SMILES string of the molecule is CC(=O)Nc1cccc2c1OCCCCO2. The fourth-order valence-corrected chi connectivity index (χ4v) is 1.63. The average molecular weight is 221 g/mol. The first-order valence-electron chi connectivity index (χ1n) is 5.43. The lowest BCUT2D eigenvalue weighted by atomic mass is 10.2. The molecule has 4 nitrogen and oxygen atoms in total. The van der Waals surface area contributed by atoms with Gasteiger partial charge in [0.2, 0.25) is 5.91 Å². The molecule has 86 valence electrons. The van der Waals surface area contributed by atoms with Crippen LogP contribution in [0.2, 0.25) is 0 Å². The van der Waals surface area contributed by atoms with Crippen molar-refractivity contribution in [3.8, 4) is 11.5 Å². The second-order valence-electron chi connectivity index (χ2n) is 3.72. The van der Waals surface area contributed by atoms with Gasteiger partial charge in [-0.15, -0.1) is 0 Å². The summed E-state index contributed by atoms with van der Waals surface area (Å²) in [4.78, 5) is 11.0. The van der Waals surface area contributed by atoms with E-state index in [1.54, 1.807) is 0 Å². The van der Waals surface area contributed by atoms with Crippen molar-refractivity contribution in [2.24, 2.45) is 0 Å². The number of amides is 1. The highest BCUT2D eigenvalue weighted by atomic mass is 16.5. The molecule has 1 amide bonds. The molecule has 1 aliphatic rings. The zero-order valence-corrected chi connectivity index (χ0v) is 9.29. The van der Waals surface area contributed by atoms with Crippen LogP contribution in [0.1, 0.15) is 19.8 Å². The molecule has 0 spiro atoms. The maximum atomic E-state index is 11.0. The van der Waals surface area contributed by atoms with Gasteiger partial charge in [0.1, 0.15) is 0 Å². The summed E-state index contributed by atoms with van der Waals surface area (Å²) in [6, 6.07) is 5.51. The van der Waals surface area contributed by atoms with Crippen LogP contribution in [0.3, 0.4) is 0 Å². The molecule has 1 heterocycles. The minimum atomic E-state index is -0.112. The number of benzene rings is 1. The Balaban J connectivity index is 2.30. The number of fused-ring (bicyclic) bond motifs is 1. The van der Waals surface area contributed by atoms with E-state index < -0.39 is 0 Å². The lowest BCUT2D eigenvalue weighted by molar-refractivity contribution is -0.114. The van der Waals surface area contributed by atoms with Gasteiger partial charge in [-0.25, -0.2) is 0 Å². The van der Waals surface area contributed by atoms with Crippen molar-refractivity contribution in [1.29, 1.82) is 0 Å². The zero-order valence-electron chi connectivity index (χ0n) is 9.29. The molecule has 0 atom stereocenters. The Morgan fingerprint density at radius 2 is 2.00 bits per heavy atom. The molecule has 1 aromatic rings. The molecular formula is C12H15NO3. The summed E-state index contributed by atoms with van der Waals surface area (Å²) in [5.41, 5.74) is 0.673. The third-order valence-electron chi connectivity index (χ3n) is 2.33. The van der Waals surface area contributed by atoms with Crippen molar-refractivity contribution in [2.75, 3.05) is 18.5 Å². The highest BCUT2D eigenvalue weighted by Gasteiger charge is 2.13. The maximum absolute atomic E-state index is 11.0. The average Bonchev–Trinajstić information content (AvgIpc) is 2.18. The van der Waals surface area contributed by atoms with Crippen molar-refractivity contribution < 1.29 is 14.3 Å². The number of nitrogens with one attached hydrogen (secondary N) is 1. The van der Waals surface area contributed by atoms with Crippen LogP contribution >= 0.6 is 0 Å². The molecule has 0 saturated heterocycles. The van der Waals surface area contributed by atoms with E-state index in [9.17, 15) is 4.79 Å². The zero-order chi connectivity index (χ0) is 11.4. The fraction of sp³-hybridized carbons (Fsp3) is 0.417. The van der Waals surface area contributed by atoms with Gasteiger partial charge in [0.25, 0.3) is 0 Å². The van der Waals surface area contributed by atoms with Crippen molar-refractivity contribution in [3.63, 3.8) is 0 Å². The van der Waals surface area contributed by atoms with Gasteiger partial charge in [0.05, 0.1) is 18.9 Å². The highest BCUT2D eigenvalue weighted by Crippen LogP contribution is 2.36. The van der Waals surface area contributed by atoms with Crippen molar-refractivity contribution in [2.45, 2.75) is 19.8 Å². The Morgan fingerprint density at radius 3 is 2.75 bits per heavy atom. The van der Waals surface area contributed by atoms with Gasteiger partial charge < -0.3 is 14.8 Å². The maximum Gasteiger partial charge on any atom is 0.221 e. The van der Waals surface area contributed by atoms with E-state index in [1.165, 1.54) is 6.92 Å². The Kier molecular flexibility index (Phi) is 3.29. The molecule has 16 heavy (non-hydrogen) atoms. The normalized spacial score (nSPS) is 14.8. The van der Waals surface area contributed by atoms with E-state index in [0.717, 1.165) is 12.8 Å². The molecule has 4 heteroatoms. The van der Waals surface area contributed by atoms with E-state index in [1.807, 2.05) is 18.2 Å². The van der Waals surface area contributed by atoms with E-state index in [2.05, 4.69) is 5.32 Å².